The normalized spacial score (nSPS) is 36.1. The van der Waals surface area contributed by atoms with Crippen molar-refractivity contribution < 1.29 is 5.11 Å². The number of aliphatic hydroxyl groups excluding tert-OH is 1. The van der Waals surface area contributed by atoms with E-state index in [4.69, 9.17) is 0 Å². The number of aliphatic hydroxyl groups is 1. The lowest BCUT2D eigenvalue weighted by atomic mass is 9.78. The monoisotopic (exact) mass is 280 g/mol. The van der Waals surface area contributed by atoms with Crippen LogP contribution in [0.1, 0.15) is 24.8 Å². The first-order valence-corrected chi connectivity index (χ1v) is 6.85. The van der Waals surface area contributed by atoms with E-state index >= 15 is 0 Å². The summed E-state index contributed by atoms with van der Waals surface area (Å²) >= 11 is 3.46. The molecule has 2 saturated carbocycles. The summed E-state index contributed by atoms with van der Waals surface area (Å²) in [5.74, 6) is 1.87. The van der Waals surface area contributed by atoms with Crippen LogP contribution in [0.2, 0.25) is 0 Å². The van der Waals surface area contributed by atoms with Crippen LogP contribution in [0.3, 0.4) is 0 Å². The van der Waals surface area contributed by atoms with Gasteiger partial charge < -0.3 is 5.11 Å². The van der Waals surface area contributed by atoms with Crippen LogP contribution in [0, 0.1) is 17.3 Å². The van der Waals surface area contributed by atoms with Crippen LogP contribution >= 0.6 is 15.9 Å². The van der Waals surface area contributed by atoms with E-state index in [2.05, 4.69) is 40.2 Å². The third kappa shape index (κ3) is 1.93. The first-order valence-electron chi connectivity index (χ1n) is 6.06. The Hall–Kier alpha value is -0.340. The Kier molecular flexibility index (Phi) is 2.60. The minimum absolute atomic E-state index is 0.196. The Balaban J connectivity index is 1.75. The summed E-state index contributed by atoms with van der Waals surface area (Å²) in [6, 6.07) is 8.53. The maximum Gasteiger partial charge on any atom is 0.0490 e. The summed E-state index contributed by atoms with van der Waals surface area (Å²) in [5.41, 5.74) is 1.56. The highest BCUT2D eigenvalue weighted by molar-refractivity contribution is 9.10. The largest absolute Gasteiger partial charge is 0.396 e. The highest BCUT2D eigenvalue weighted by Gasteiger charge is 2.53. The molecule has 86 valence electrons. The highest BCUT2D eigenvalue weighted by atomic mass is 79.9. The molecule has 2 atom stereocenters. The van der Waals surface area contributed by atoms with E-state index < -0.39 is 0 Å². The Morgan fingerprint density at radius 2 is 1.81 bits per heavy atom. The summed E-state index contributed by atoms with van der Waals surface area (Å²) in [5, 5.41) is 9.66. The van der Waals surface area contributed by atoms with Crippen molar-refractivity contribution in [1.82, 2.24) is 0 Å². The molecule has 0 radical (unpaired) electrons. The minimum Gasteiger partial charge on any atom is -0.396 e. The maximum atomic E-state index is 9.66. The van der Waals surface area contributed by atoms with Crippen molar-refractivity contribution in [2.24, 2.45) is 17.3 Å². The van der Waals surface area contributed by atoms with E-state index in [0.717, 1.165) is 22.7 Å². The van der Waals surface area contributed by atoms with Gasteiger partial charge in [0.1, 0.15) is 0 Å². The van der Waals surface area contributed by atoms with Gasteiger partial charge in [0.25, 0.3) is 0 Å². The zero-order valence-corrected chi connectivity index (χ0v) is 10.9. The molecular weight excluding hydrogens is 264 g/mol. The molecule has 0 spiro atoms. The Morgan fingerprint density at radius 3 is 2.38 bits per heavy atom. The zero-order valence-electron chi connectivity index (χ0n) is 9.32. The molecule has 2 fully saturated rings. The van der Waals surface area contributed by atoms with E-state index in [1.165, 1.54) is 24.8 Å². The Morgan fingerprint density at radius 1 is 1.19 bits per heavy atom. The molecule has 1 nitrogen and oxygen atoms in total. The van der Waals surface area contributed by atoms with Crippen LogP contribution < -0.4 is 0 Å². The summed E-state index contributed by atoms with van der Waals surface area (Å²) in [6.07, 6.45) is 4.94. The predicted octanol–water partition coefficient (Wildman–Crippen LogP) is 3.40. The molecule has 0 bridgehead atoms. The number of hydrogen-bond acceptors (Lipinski definition) is 1. The minimum atomic E-state index is 0.196. The lowest BCUT2D eigenvalue weighted by molar-refractivity contribution is 0.117. The number of hydrogen-bond donors (Lipinski definition) is 1. The van der Waals surface area contributed by atoms with E-state index in [0.29, 0.717) is 6.61 Å². The lowest BCUT2D eigenvalue weighted by Gasteiger charge is -2.28. The van der Waals surface area contributed by atoms with Gasteiger partial charge in [0, 0.05) is 11.1 Å². The molecule has 2 heteroatoms. The molecule has 0 saturated heterocycles. The van der Waals surface area contributed by atoms with Crippen molar-refractivity contribution in [2.45, 2.75) is 25.7 Å². The van der Waals surface area contributed by atoms with E-state index in [9.17, 15) is 5.11 Å². The fourth-order valence-corrected chi connectivity index (χ4v) is 3.63. The first kappa shape index (κ1) is 10.8. The van der Waals surface area contributed by atoms with Gasteiger partial charge in [0.2, 0.25) is 0 Å². The number of halogens is 1. The molecule has 2 unspecified atom stereocenters. The third-order valence-electron chi connectivity index (χ3n) is 4.29. The highest BCUT2D eigenvalue weighted by Crippen LogP contribution is 2.60. The van der Waals surface area contributed by atoms with Crippen molar-refractivity contribution in [1.29, 1.82) is 0 Å². The van der Waals surface area contributed by atoms with Gasteiger partial charge in [-0.25, -0.2) is 0 Å². The molecule has 2 aliphatic rings. The van der Waals surface area contributed by atoms with Gasteiger partial charge in [-0.05, 0) is 60.6 Å². The van der Waals surface area contributed by atoms with Crippen LogP contribution in [0.15, 0.2) is 28.7 Å². The second-order valence-corrected chi connectivity index (χ2v) is 6.54. The average molecular weight is 281 g/mol. The zero-order chi connectivity index (χ0) is 11.2. The van der Waals surface area contributed by atoms with Crippen LogP contribution in [0.4, 0.5) is 0 Å². The number of fused-ring (bicyclic) bond motifs is 1. The molecule has 16 heavy (non-hydrogen) atoms. The average Bonchev–Trinajstić information content (AvgIpc) is 2.91. The summed E-state index contributed by atoms with van der Waals surface area (Å²) in [4.78, 5) is 0. The molecule has 0 aliphatic heterocycles. The third-order valence-corrected chi connectivity index (χ3v) is 4.82. The quantitative estimate of drug-likeness (QED) is 0.900. The molecule has 0 amide bonds. The summed E-state index contributed by atoms with van der Waals surface area (Å²) in [6.45, 7) is 0.357. The van der Waals surface area contributed by atoms with Crippen LogP contribution in [-0.2, 0) is 6.42 Å². The second-order valence-electron chi connectivity index (χ2n) is 5.63. The van der Waals surface area contributed by atoms with Gasteiger partial charge in [-0.15, -0.1) is 0 Å². The van der Waals surface area contributed by atoms with Crippen molar-refractivity contribution in [3.05, 3.63) is 34.3 Å². The SMILES string of the molecule is OCC1(Cc2ccc(Br)cc2)CC2CC2C1. The van der Waals surface area contributed by atoms with E-state index in [-0.39, 0.29) is 5.41 Å². The Bertz CT molecular complexity index is 374. The van der Waals surface area contributed by atoms with Gasteiger partial charge >= 0.3 is 0 Å². The molecular formula is C14H17BrO. The lowest BCUT2D eigenvalue weighted by Crippen LogP contribution is -2.26. The molecule has 1 aromatic rings. The maximum absolute atomic E-state index is 9.66. The van der Waals surface area contributed by atoms with Gasteiger partial charge in [0.05, 0.1) is 0 Å². The standard InChI is InChI=1S/C14H17BrO/c15-13-3-1-10(2-4-13)6-14(9-16)7-11-5-12(11)8-14/h1-4,11-12,16H,5-9H2. The number of rotatable bonds is 3. The fraction of sp³-hybridized carbons (Fsp3) is 0.571. The Labute approximate surface area is 105 Å². The van der Waals surface area contributed by atoms with Crippen molar-refractivity contribution >= 4 is 15.9 Å². The second kappa shape index (κ2) is 3.85. The molecule has 1 aromatic carbocycles. The smallest absolute Gasteiger partial charge is 0.0490 e. The van der Waals surface area contributed by atoms with Gasteiger partial charge in [-0.1, -0.05) is 28.1 Å². The van der Waals surface area contributed by atoms with Crippen molar-refractivity contribution in [3.8, 4) is 0 Å². The first-order chi connectivity index (χ1) is 7.71. The summed E-state index contributed by atoms with van der Waals surface area (Å²) in [7, 11) is 0. The van der Waals surface area contributed by atoms with E-state index in [1.54, 1.807) is 0 Å². The van der Waals surface area contributed by atoms with Gasteiger partial charge in [-0.2, -0.15) is 0 Å². The van der Waals surface area contributed by atoms with Crippen LogP contribution in [0.5, 0.6) is 0 Å². The summed E-state index contributed by atoms with van der Waals surface area (Å²) < 4.78 is 1.13. The molecule has 1 N–H and O–H groups in total. The van der Waals surface area contributed by atoms with Gasteiger partial charge in [0.15, 0.2) is 0 Å². The van der Waals surface area contributed by atoms with Crippen molar-refractivity contribution in [3.63, 3.8) is 0 Å². The predicted molar refractivity (Wildman–Crippen MR) is 68.2 cm³/mol. The fourth-order valence-electron chi connectivity index (χ4n) is 3.37. The molecule has 0 aromatic heterocycles. The van der Waals surface area contributed by atoms with Crippen LogP contribution in [-0.4, -0.2) is 11.7 Å². The van der Waals surface area contributed by atoms with Crippen LogP contribution in [0.25, 0.3) is 0 Å². The number of benzene rings is 1. The van der Waals surface area contributed by atoms with E-state index in [1.807, 2.05) is 0 Å². The van der Waals surface area contributed by atoms with Crippen molar-refractivity contribution in [2.75, 3.05) is 6.61 Å². The molecule has 0 heterocycles. The van der Waals surface area contributed by atoms with Gasteiger partial charge in [-0.3, -0.25) is 0 Å². The topological polar surface area (TPSA) is 20.2 Å². The molecule has 2 aliphatic carbocycles. The molecule has 3 rings (SSSR count).